The maximum atomic E-state index is 13.9. The van der Waals surface area contributed by atoms with Crippen molar-refractivity contribution >= 4 is 17.6 Å². The van der Waals surface area contributed by atoms with Gasteiger partial charge in [-0.2, -0.15) is 13.2 Å². The summed E-state index contributed by atoms with van der Waals surface area (Å²) in [4.78, 5) is 12.1. The average Bonchev–Trinajstić information content (AvgIpc) is 3.10. The molecule has 1 aliphatic rings. The highest BCUT2D eigenvalue weighted by atomic mass is 35.5. The van der Waals surface area contributed by atoms with Crippen molar-refractivity contribution in [1.82, 2.24) is 0 Å². The minimum absolute atomic E-state index is 0.677. The Hall–Kier alpha value is -1.77. The maximum absolute atomic E-state index is 13.9. The molecule has 150 valence electrons. The van der Waals surface area contributed by atoms with Crippen LogP contribution in [0, 0.1) is 47.4 Å². The van der Waals surface area contributed by atoms with Gasteiger partial charge in [0.05, 0.1) is 11.5 Å². The van der Waals surface area contributed by atoms with E-state index in [4.69, 9.17) is 16.3 Å². The molecule has 2 atom stereocenters. The standard InChI is InChI=1S/C17H14ClF7O2/c1-6-11(19)7(13(21)14(22)12(6)20)5-27-15(26)10-8(16(10,2)3)4-9(18)17(23,24)25/h4,8,10H,5H2,1-3H3/t8-,10-/m1/s1. The van der Waals surface area contributed by atoms with Crippen LogP contribution < -0.4 is 0 Å². The minimum Gasteiger partial charge on any atom is -0.460 e. The predicted molar refractivity (Wildman–Crippen MR) is 81.6 cm³/mol. The first kappa shape index (κ1) is 21.5. The van der Waals surface area contributed by atoms with E-state index in [1.165, 1.54) is 13.8 Å². The molecule has 1 aliphatic carbocycles. The quantitative estimate of drug-likeness (QED) is 0.277. The second-order valence-corrected chi connectivity index (χ2v) is 7.21. The van der Waals surface area contributed by atoms with Gasteiger partial charge in [-0.1, -0.05) is 31.5 Å². The van der Waals surface area contributed by atoms with Gasteiger partial charge in [0, 0.05) is 5.56 Å². The van der Waals surface area contributed by atoms with Gasteiger partial charge in [-0.3, -0.25) is 4.79 Å². The van der Waals surface area contributed by atoms with Crippen molar-refractivity contribution < 1.29 is 40.3 Å². The second-order valence-electron chi connectivity index (χ2n) is 6.80. The summed E-state index contributed by atoms with van der Waals surface area (Å²) in [5.41, 5.74) is -2.70. The summed E-state index contributed by atoms with van der Waals surface area (Å²) >= 11 is 5.16. The van der Waals surface area contributed by atoms with E-state index in [0.717, 1.165) is 6.92 Å². The highest BCUT2D eigenvalue weighted by molar-refractivity contribution is 6.30. The summed E-state index contributed by atoms with van der Waals surface area (Å²) < 4.78 is 96.6. The summed E-state index contributed by atoms with van der Waals surface area (Å²) in [6.45, 7) is 2.82. The van der Waals surface area contributed by atoms with Crippen molar-refractivity contribution in [3.05, 3.63) is 45.5 Å². The molecule has 0 heterocycles. The molecule has 1 aromatic carbocycles. The van der Waals surface area contributed by atoms with Crippen molar-refractivity contribution in [2.75, 3.05) is 0 Å². The van der Waals surface area contributed by atoms with Gasteiger partial charge in [0.2, 0.25) is 0 Å². The smallest absolute Gasteiger partial charge is 0.426 e. The molecule has 2 nitrogen and oxygen atoms in total. The number of alkyl halides is 3. The lowest BCUT2D eigenvalue weighted by molar-refractivity contribution is -0.147. The van der Waals surface area contributed by atoms with Crippen LogP contribution in [0.5, 0.6) is 0 Å². The van der Waals surface area contributed by atoms with E-state index < -0.39 is 75.4 Å². The number of hydrogen-bond acceptors (Lipinski definition) is 2. The third kappa shape index (κ3) is 3.93. The Kier molecular flexibility index (Phi) is 5.58. The zero-order chi connectivity index (χ0) is 20.9. The lowest BCUT2D eigenvalue weighted by Gasteiger charge is -2.11. The topological polar surface area (TPSA) is 26.3 Å². The monoisotopic (exact) mass is 418 g/mol. The molecule has 1 aromatic rings. The molecule has 0 aromatic heterocycles. The van der Waals surface area contributed by atoms with Crippen LogP contribution in [0.3, 0.4) is 0 Å². The molecule has 1 fully saturated rings. The predicted octanol–water partition coefficient (Wildman–Crippen LogP) is 5.55. The average molecular weight is 419 g/mol. The zero-order valence-corrected chi connectivity index (χ0v) is 15.0. The highest BCUT2D eigenvalue weighted by Gasteiger charge is 2.62. The fourth-order valence-corrected chi connectivity index (χ4v) is 3.00. The van der Waals surface area contributed by atoms with Gasteiger partial charge < -0.3 is 4.74 Å². The van der Waals surface area contributed by atoms with Crippen LogP contribution in [-0.2, 0) is 16.1 Å². The van der Waals surface area contributed by atoms with E-state index in [2.05, 4.69) is 0 Å². The Morgan fingerprint density at radius 2 is 1.67 bits per heavy atom. The van der Waals surface area contributed by atoms with Crippen LogP contribution in [0.4, 0.5) is 30.7 Å². The fourth-order valence-electron chi connectivity index (χ4n) is 2.86. The van der Waals surface area contributed by atoms with Crippen LogP contribution in [0.15, 0.2) is 11.1 Å². The summed E-state index contributed by atoms with van der Waals surface area (Å²) in [5.74, 6) is -9.83. The zero-order valence-electron chi connectivity index (χ0n) is 14.3. The molecule has 0 radical (unpaired) electrons. The van der Waals surface area contributed by atoms with Crippen molar-refractivity contribution in [3.63, 3.8) is 0 Å². The summed E-state index contributed by atoms with van der Waals surface area (Å²) in [6.07, 6.45) is -4.10. The molecule has 27 heavy (non-hydrogen) atoms. The lowest BCUT2D eigenvalue weighted by atomic mass is 10.1. The molecular weight excluding hydrogens is 405 g/mol. The van der Waals surface area contributed by atoms with Crippen molar-refractivity contribution in [1.29, 1.82) is 0 Å². The van der Waals surface area contributed by atoms with E-state index >= 15 is 0 Å². The third-order valence-electron chi connectivity index (χ3n) is 4.69. The molecule has 0 spiro atoms. The molecule has 0 N–H and O–H groups in total. The summed E-state index contributed by atoms with van der Waals surface area (Å²) in [5, 5.41) is -1.40. The van der Waals surface area contributed by atoms with Crippen LogP contribution in [-0.4, -0.2) is 12.1 Å². The van der Waals surface area contributed by atoms with Gasteiger partial charge in [0.15, 0.2) is 17.5 Å². The van der Waals surface area contributed by atoms with E-state index in [1.807, 2.05) is 0 Å². The number of benzene rings is 1. The lowest BCUT2D eigenvalue weighted by Crippen LogP contribution is -2.14. The Balaban J connectivity index is 2.16. The highest BCUT2D eigenvalue weighted by Crippen LogP contribution is 2.60. The molecule has 0 bridgehead atoms. The number of carbonyl (C=O) groups is 1. The second kappa shape index (κ2) is 7.00. The fraction of sp³-hybridized carbons (Fsp3) is 0.471. The van der Waals surface area contributed by atoms with Crippen molar-refractivity contribution in [2.24, 2.45) is 17.3 Å². The summed E-state index contributed by atoms with van der Waals surface area (Å²) in [6, 6.07) is 0. The third-order valence-corrected chi connectivity index (χ3v) is 5.03. The van der Waals surface area contributed by atoms with Crippen LogP contribution >= 0.6 is 11.6 Å². The number of ether oxygens (including phenoxy) is 1. The van der Waals surface area contributed by atoms with Gasteiger partial charge in [-0.25, -0.2) is 17.6 Å². The van der Waals surface area contributed by atoms with Gasteiger partial charge in [-0.05, 0) is 18.3 Å². The van der Waals surface area contributed by atoms with Crippen LogP contribution in [0.25, 0.3) is 0 Å². The van der Waals surface area contributed by atoms with E-state index in [1.54, 1.807) is 0 Å². The largest absolute Gasteiger partial charge is 0.460 e. The maximum Gasteiger partial charge on any atom is 0.426 e. The first-order valence-corrected chi connectivity index (χ1v) is 8.01. The SMILES string of the molecule is Cc1c(F)c(F)c(F)c(COC(=O)[C@H]2[C@@H](C=C(Cl)C(F)(F)F)C2(C)C)c1F. The molecule has 2 rings (SSSR count). The molecular formula is C17H14ClF7O2. The molecule has 1 saturated carbocycles. The Morgan fingerprint density at radius 1 is 1.11 bits per heavy atom. The van der Waals surface area contributed by atoms with E-state index in [9.17, 15) is 35.5 Å². The van der Waals surface area contributed by atoms with Gasteiger partial charge in [0.25, 0.3) is 0 Å². The Labute approximate surface area is 154 Å². The minimum atomic E-state index is -4.77. The Morgan fingerprint density at radius 3 is 2.19 bits per heavy atom. The number of rotatable bonds is 4. The van der Waals surface area contributed by atoms with Gasteiger partial charge in [-0.15, -0.1) is 0 Å². The molecule has 0 saturated heterocycles. The van der Waals surface area contributed by atoms with Crippen LogP contribution in [0.1, 0.15) is 25.0 Å². The first-order valence-electron chi connectivity index (χ1n) is 7.63. The van der Waals surface area contributed by atoms with E-state index in [0.29, 0.717) is 6.08 Å². The number of allylic oxidation sites excluding steroid dienone is 2. The number of hydrogen-bond donors (Lipinski definition) is 0. The number of halogens is 8. The van der Waals surface area contributed by atoms with Gasteiger partial charge >= 0.3 is 12.1 Å². The van der Waals surface area contributed by atoms with Crippen LogP contribution in [0.2, 0.25) is 0 Å². The molecule has 0 unspecified atom stereocenters. The molecule has 0 amide bonds. The van der Waals surface area contributed by atoms with E-state index in [-0.39, 0.29) is 0 Å². The molecule has 0 aliphatic heterocycles. The Bertz CT molecular complexity index is 785. The molecule has 10 heteroatoms. The van der Waals surface area contributed by atoms with Crippen molar-refractivity contribution in [2.45, 2.75) is 33.6 Å². The van der Waals surface area contributed by atoms with Crippen molar-refractivity contribution in [3.8, 4) is 0 Å². The first-order chi connectivity index (χ1) is 12.2. The normalized spacial score (nSPS) is 22.0. The summed E-state index contributed by atoms with van der Waals surface area (Å²) in [7, 11) is 0. The van der Waals surface area contributed by atoms with Gasteiger partial charge in [0.1, 0.15) is 17.5 Å². The number of carbonyl (C=O) groups excluding carboxylic acids is 1. The number of esters is 1.